The number of imidazole rings is 1. The third-order valence-electron chi connectivity index (χ3n) is 2.19. The first-order valence-corrected chi connectivity index (χ1v) is 4.64. The number of H-pyrrole nitrogens is 1. The van der Waals surface area contributed by atoms with Gasteiger partial charge in [-0.2, -0.15) is 0 Å². The van der Waals surface area contributed by atoms with Gasteiger partial charge < -0.3 is 4.98 Å². The Morgan fingerprint density at radius 3 is 3.07 bits per heavy atom. The summed E-state index contributed by atoms with van der Waals surface area (Å²) in [5, 5.41) is 1.78. The van der Waals surface area contributed by atoms with Crippen molar-refractivity contribution in [2.75, 3.05) is 0 Å². The molecule has 3 heteroatoms. The van der Waals surface area contributed by atoms with Crippen LogP contribution in [0.1, 0.15) is 24.5 Å². The lowest BCUT2D eigenvalue weighted by molar-refractivity contribution is 0.100. The summed E-state index contributed by atoms with van der Waals surface area (Å²) in [6.07, 6.45) is 8.05. The molecule has 0 saturated carbocycles. The molecule has 0 saturated heterocycles. The largest absolute Gasteiger partial charge is 0.335 e. The fourth-order valence-electron chi connectivity index (χ4n) is 1.45. The topological polar surface area (TPSA) is 45.8 Å². The third kappa shape index (κ3) is 1.53. The third-order valence-corrected chi connectivity index (χ3v) is 2.19. The van der Waals surface area contributed by atoms with Crippen LogP contribution in [0.15, 0.2) is 12.2 Å². The Bertz CT molecular complexity index is 508. The molecule has 3 nitrogen and oxygen atoms in total. The summed E-state index contributed by atoms with van der Waals surface area (Å²) < 4.78 is 0. The molecule has 0 amide bonds. The van der Waals surface area contributed by atoms with Gasteiger partial charge in [-0.1, -0.05) is 19.1 Å². The number of carbonyl (C=O) groups is 1. The van der Waals surface area contributed by atoms with E-state index in [1.807, 2.05) is 18.2 Å². The molecule has 1 aliphatic carbocycles. The van der Waals surface area contributed by atoms with Gasteiger partial charge in [-0.3, -0.25) is 4.79 Å². The number of nitrogens with one attached hydrogen (secondary N) is 1. The number of nitrogens with zero attached hydrogens (tertiary/aromatic N) is 1. The lowest BCUT2D eigenvalue weighted by atomic mass is 10.2. The van der Waals surface area contributed by atoms with E-state index in [-0.39, 0.29) is 5.78 Å². The van der Waals surface area contributed by atoms with Crippen LogP contribution in [0, 0.1) is 5.92 Å². The molecule has 0 spiro atoms. The molecule has 0 radical (unpaired) electrons. The molecule has 1 aromatic heterocycles. The zero-order valence-corrected chi connectivity index (χ0v) is 8.24. The van der Waals surface area contributed by atoms with E-state index in [1.54, 1.807) is 0 Å². The highest BCUT2D eigenvalue weighted by Crippen LogP contribution is 1.99. The molecule has 1 unspecified atom stereocenters. The van der Waals surface area contributed by atoms with Gasteiger partial charge in [0.2, 0.25) is 0 Å². The van der Waals surface area contributed by atoms with Gasteiger partial charge in [-0.15, -0.1) is 0 Å². The van der Waals surface area contributed by atoms with E-state index in [9.17, 15) is 4.79 Å². The minimum absolute atomic E-state index is 0.0310. The Morgan fingerprint density at radius 1 is 1.57 bits per heavy atom. The van der Waals surface area contributed by atoms with Crippen molar-refractivity contribution in [3.63, 3.8) is 0 Å². The smallest absolute Gasteiger partial charge is 0.195 e. The number of Topliss-reactive ketones (excluding diaryl/α,β-unsaturated/α-hetero) is 1. The molecule has 72 valence electrons. The van der Waals surface area contributed by atoms with Crippen molar-refractivity contribution in [1.29, 1.82) is 0 Å². The van der Waals surface area contributed by atoms with Crippen LogP contribution in [0.25, 0.3) is 12.2 Å². The molecule has 0 aliphatic heterocycles. The van der Waals surface area contributed by atoms with Gasteiger partial charge in [0.15, 0.2) is 11.6 Å². The predicted octanol–water partition coefficient (Wildman–Crippen LogP) is 0.379. The molecule has 1 N–H and O–H groups in total. The first kappa shape index (κ1) is 8.94. The highest BCUT2D eigenvalue weighted by Gasteiger charge is 2.05. The fraction of sp³-hybridized carbons (Fsp3) is 0.273. The lowest BCUT2D eigenvalue weighted by Crippen LogP contribution is -2.23. The van der Waals surface area contributed by atoms with E-state index in [4.69, 9.17) is 0 Å². The summed E-state index contributed by atoms with van der Waals surface area (Å²) >= 11 is 0. The van der Waals surface area contributed by atoms with Crippen LogP contribution in [-0.4, -0.2) is 15.8 Å². The minimum Gasteiger partial charge on any atom is -0.335 e. The van der Waals surface area contributed by atoms with Crippen molar-refractivity contribution in [3.05, 3.63) is 28.7 Å². The van der Waals surface area contributed by atoms with Gasteiger partial charge in [0.1, 0.15) is 0 Å². The Balaban J connectivity index is 2.67. The van der Waals surface area contributed by atoms with Crippen molar-refractivity contribution >= 4 is 17.9 Å². The Hall–Kier alpha value is -1.64. The van der Waals surface area contributed by atoms with Crippen molar-refractivity contribution in [1.82, 2.24) is 9.97 Å². The number of carbonyl (C=O) groups excluding carboxylic acids is 1. The average Bonchev–Trinajstić information content (AvgIpc) is 2.42. The van der Waals surface area contributed by atoms with E-state index in [2.05, 4.69) is 23.0 Å². The number of hydrogen-bond donors (Lipinski definition) is 1. The van der Waals surface area contributed by atoms with Crippen LogP contribution in [-0.2, 0) is 0 Å². The molecular formula is C11H12N2O. The molecule has 1 atom stereocenters. The molecule has 0 aromatic carbocycles. The second-order valence-corrected chi connectivity index (χ2v) is 3.52. The maximum absolute atomic E-state index is 11.1. The number of ketones is 1. The molecule has 1 aliphatic rings. The molecule has 14 heavy (non-hydrogen) atoms. The van der Waals surface area contributed by atoms with E-state index in [0.29, 0.717) is 11.7 Å². The maximum Gasteiger partial charge on any atom is 0.195 e. The average molecular weight is 188 g/mol. The number of rotatable bonds is 1. The van der Waals surface area contributed by atoms with Crippen LogP contribution < -0.4 is 10.7 Å². The highest BCUT2D eigenvalue weighted by atomic mass is 16.1. The van der Waals surface area contributed by atoms with Crippen LogP contribution in [0.3, 0.4) is 0 Å². The van der Waals surface area contributed by atoms with Crippen molar-refractivity contribution in [2.24, 2.45) is 5.92 Å². The number of fused-ring (bicyclic) bond motifs is 1. The molecule has 2 rings (SSSR count). The lowest BCUT2D eigenvalue weighted by Gasteiger charge is -1.91. The molecular weight excluding hydrogens is 176 g/mol. The zero-order chi connectivity index (χ0) is 10.1. The van der Waals surface area contributed by atoms with E-state index >= 15 is 0 Å². The van der Waals surface area contributed by atoms with Crippen LogP contribution in [0.5, 0.6) is 0 Å². The fourth-order valence-corrected chi connectivity index (χ4v) is 1.45. The number of hydrogen-bond acceptors (Lipinski definition) is 2. The SMILES string of the molecule is CC(=O)c1nc2c([nH]1)=CC=CC(C)C=2. The van der Waals surface area contributed by atoms with Gasteiger partial charge in [-0.05, 0) is 18.1 Å². The monoisotopic (exact) mass is 188 g/mol. The van der Waals surface area contributed by atoms with Crippen molar-refractivity contribution in [3.8, 4) is 0 Å². The predicted molar refractivity (Wildman–Crippen MR) is 55.1 cm³/mol. The molecule has 0 fully saturated rings. The van der Waals surface area contributed by atoms with Gasteiger partial charge in [0.25, 0.3) is 0 Å². The first-order chi connectivity index (χ1) is 6.66. The summed E-state index contributed by atoms with van der Waals surface area (Å²) in [5.41, 5.74) is 0. The number of allylic oxidation sites excluding steroid dienone is 2. The van der Waals surface area contributed by atoms with Crippen LogP contribution in [0.2, 0.25) is 0 Å². The standard InChI is InChI=1S/C11H12N2O/c1-7-4-3-5-9-10(6-7)13-11(12-9)8(2)14/h3-7H,1-2H3,(H,12,13). The summed E-state index contributed by atoms with van der Waals surface area (Å²) in [5.74, 6) is 0.761. The Labute approximate surface area is 81.9 Å². The van der Waals surface area contributed by atoms with E-state index in [0.717, 1.165) is 10.7 Å². The maximum atomic E-state index is 11.1. The van der Waals surface area contributed by atoms with Crippen LogP contribution >= 0.6 is 0 Å². The van der Waals surface area contributed by atoms with Crippen LogP contribution in [0.4, 0.5) is 0 Å². The quantitative estimate of drug-likeness (QED) is 0.647. The molecule has 1 heterocycles. The second-order valence-electron chi connectivity index (χ2n) is 3.52. The van der Waals surface area contributed by atoms with Gasteiger partial charge in [-0.25, -0.2) is 4.98 Å². The Kier molecular flexibility index (Phi) is 2.08. The second kappa shape index (κ2) is 3.25. The molecule has 1 aromatic rings. The summed E-state index contributed by atoms with van der Waals surface area (Å²) in [7, 11) is 0. The van der Waals surface area contributed by atoms with Crippen molar-refractivity contribution in [2.45, 2.75) is 13.8 Å². The number of aromatic amines is 1. The van der Waals surface area contributed by atoms with Gasteiger partial charge >= 0.3 is 0 Å². The van der Waals surface area contributed by atoms with E-state index in [1.165, 1.54) is 6.92 Å². The Morgan fingerprint density at radius 2 is 2.36 bits per heavy atom. The van der Waals surface area contributed by atoms with Crippen molar-refractivity contribution < 1.29 is 4.79 Å². The van der Waals surface area contributed by atoms with Gasteiger partial charge in [0, 0.05) is 6.92 Å². The zero-order valence-electron chi connectivity index (χ0n) is 8.24. The summed E-state index contributed by atoms with van der Waals surface area (Å²) in [4.78, 5) is 18.3. The first-order valence-electron chi connectivity index (χ1n) is 4.64. The molecule has 0 bridgehead atoms. The highest BCUT2D eigenvalue weighted by molar-refractivity contribution is 5.90. The van der Waals surface area contributed by atoms with Gasteiger partial charge in [0.05, 0.1) is 10.7 Å². The van der Waals surface area contributed by atoms with E-state index < -0.39 is 0 Å². The summed E-state index contributed by atoms with van der Waals surface area (Å²) in [6.45, 7) is 3.60. The summed E-state index contributed by atoms with van der Waals surface area (Å²) in [6, 6.07) is 0. The number of aromatic nitrogens is 2. The normalized spacial score (nSPS) is 19.1. The minimum atomic E-state index is -0.0310.